The van der Waals surface area contributed by atoms with Gasteiger partial charge in [-0.15, -0.1) is 5.10 Å². The topological polar surface area (TPSA) is 105 Å². The molecule has 2 aromatic rings. The van der Waals surface area contributed by atoms with Gasteiger partial charge in [-0.3, -0.25) is 0 Å². The van der Waals surface area contributed by atoms with Crippen LogP contribution >= 0.6 is 0 Å². The Labute approximate surface area is 213 Å². The highest BCUT2D eigenvalue weighted by Crippen LogP contribution is 2.32. The lowest BCUT2D eigenvalue weighted by Gasteiger charge is -2.45. The second-order valence-corrected chi connectivity index (χ2v) is 10.2. The van der Waals surface area contributed by atoms with E-state index in [1.54, 1.807) is 4.90 Å². The van der Waals surface area contributed by atoms with E-state index < -0.39 is 17.6 Å². The number of alkyl halides is 3. The van der Waals surface area contributed by atoms with Crippen molar-refractivity contribution < 1.29 is 27.8 Å². The summed E-state index contributed by atoms with van der Waals surface area (Å²) >= 11 is 0. The number of aromatic hydroxyl groups is 1. The average Bonchev–Trinajstić information content (AvgIpc) is 3.34. The average molecular weight is 521 g/mol. The number of carbonyl (C=O) groups is 1. The smallest absolute Gasteiger partial charge is 0.453 e. The van der Waals surface area contributed by atoms with Crippen molar-refractivity contribution in [3.05, 3.63) is 53.9 Å². The zero-order chi connectivity index (χ0) is 26.8. The highest BCUT2D eigenvalue weighted by Gasteiger charge is 2.41. The number of nitrogens with zero attached hydrogens (tertiary/aromatic N) is 5. The standard InChI is InChI=1S/C25H31F3N6O3/c1-24(2,3)37-23(36)33-13-7-10-19(21(33)16-8-5-4-6-9-16)29-15-17-14-18(11-12-20(17)35)34-22(25(26,27)28)30-31-32-34/h4-6,8,11-12,14,16,19,21,29,35H,7,9-10,13,15H2,1-3H3/t16-,19+,21?/m1/s1. The predicted molar refractivity (Wildman–Crippen MR) is 129 cm³/mol. The number of hydrogen-bond acceptors (Lipinski definition) is 7. The molecule has 9 nitrogen and oxygen atoms in total. The van der Waals surface area contributed by atoms with Crippen LogP contribution in [0.25, 0.3) is 5.69 Å². The van der Waals surface area contributed by atoms with Gasteiger partial charge in [0.15, 0.2) is 0 Å². The molecule has 1 fully saturated rings. The SMILES string of the molecule is CC(C)(C)OC(=O)N1CCC[C@H](NCc2cc(-n3nnnc3C(F)(F)F)ccc2O)C1[C@@H]1C=CC=CC1. The van der Waals surface area contributed by atoms with Crippen LogP contribution in [0.3, 0.4) is 0 Å². The Morgan fingerprint density at radius 3 is 2.70 bits per heavy atom. The van der Waals surface area contributed by atoms with Crippen LogP contribution in [0.15, 0.2) is 42.5 Å². The molecule has 2 aliphatic rings. The summed E-state index contributed by atoms with van der Waals surface area (Å²) in [6, 6.07) is 3.71. The molecule has 4 rings (SSSR count). The van der Waals surface area contributed by atoms with E-state index in [-0.39, 0.29) is 42.1 Å². The summed E-state index contributed by atoms with van der Waals surface area (Å²) < 4.78 is 46.1. The molecule has 2 heterocycles. The number of tetrazole rings is 1. The molecule has 0 radical (unpaired) electrons. The number of likely N-dealkylation sites (tertiary alicyclic amines) is 1. The second kappa shape index (κ2) is 10.5. The number of rotatable bonds is 5. The third kappa shape index (κ3) is 6.30. The van der Waals surface area contributed by atoms with Gasteiger partial charge in [0.25, 0.3) is 5.82 Å². The van der Waals surface area contributed by atoms with Crippen molar-refractivity contribution in [3.8, 4) is 11.4 Å². The van der Waals surface area contributed by atoms with Gasteiger partial charge >= 0.3 is 12.3 Å². The molecule has 1 unspecified atom stereocenters. The van der Waals surface area contributed by atoms with Gasteiger partial charge < -0.3 is 20.1 Å². The normalized spacial score (nSPS) is 22.3. The molecule has 0 saturated carbocycles. The molecule has 0 bridgehead atoms. The summed E-state index contributed by atoms with van der Waals surface area (Å²) in [6.45, 7) is 6.21. The van der Waals surface area contributed by atoms with Crippen LogP contribution in [-0.4, -0.2) is 60.5 Å². The highest BCUT2D eigenvalue weighted by molar-refractivity contribution is 5.69. The van der Waals surface area contributed by atoms with Crippen molar-refractivity contribution >= 4 is 6.09 Å². The Morgan fingerprint density at radius 2 is 2.03 bits per heavy atom. The molecule has 2 N–H and O–H groups in total. The molecule has 1 aromatic carbocycles. The number of amides is 1. The monoisotopic (exact) mass is 520 g/mol. The molecule has 200 valence electrons. The van der Waals surface area contributed by atoms with Crippen molar-refractivity contribution in [1.82, 2.24) is 30.4 Å². The van der Waals surface area contributed by atoms with E-state index >= 15 is 0 Å². The first-order chi connectivity index (χ1) is 17.4. The number of hydrogen-bond donors (Lipinski definition) is 2. The van der Waals surface area contributed by atoms with E-state index in [4.69, 9.17) is 4.74 Å². The van der Waals surface area contributed by atoms with Crippen LogP contribution in [0, 0.1) is 5.92 Å². The Bertz CT molecular complexity index is 1170. The molecule has 3 atom stereocenters. The Balaban J connectivity index is 1.57. The number of aromatic nitrogens is 4. The maximum Gasteiger partial charge on any atom is 0.453 e. The van der Waals surface area contributed by atoms with E-state index in [1.165, 1.54) is 18.2 Å². The fourth-order valence-corrected chi connectivity index (χ4v) is 4.78. The number of phenolic OH excluding ortho intramolecular Hbond substituents is 1. The molecule has 0 spiro atoms. The predicted octanol–water partition coefficient (Wildman–Crippen LogP) is 4.38. The van der Waals surface area contributed by atoms with Crippen molar-refractivity contribution in [1.29, 1.82) is 0 Å². The third-order valence-electron chi connectivity index (χ3n) is 6.35. The summed E-state index contributed by atoms with van der Waals surface area (Å²) in [5, 5.41) is 23.6. The minimum absolute atomic E-state index is 0.0609. The fourth-order valence-electron chi connectivity index (χ4n) is 4.78. The number of ether oxygens (including phenoxy) is 1. The Hall–Kier alpha value is -3.41. The molecular weight excluding hydrogens is 489 g/mol. The van der Waals surface area contributed by atoms with Crippen LogP contribution in [0.5, 0.6) is 5.75 Å². The summed E-state index contributed by atoms with van der Waals surface area (Å²) in [5.74, 6) is -1.27. The van der Waals surface area contributed by atoms with Crippen LogP contribution in [0.4, 0.5) is 18.0 Å². The molecule has 1 aliphatic carbocycles. The maximum absolute atomic E-state index is 13.3. The van der Waals surface area contributed by atoms with Crippen LogP contribution in [0.2, 0.25) is 0 Å². The summed E-state index contributed by atoms with van der Waals surface area (Å²) in [7, 11) is 0. The van der Waals surface area contributed by atoms with Gasteiger partial charge in [0, 0.05) is 30.6 Å². The Morgan fingerprint density at radius 1 is 1.24 bits per heavy atom. The molecule has 37 heavy (non-hydrogen) atoms. The molecule has 1 amide bonds. The zero-order valence-corrected chi connectivity index (χ0v) is 20.9. The molecular formula is C25H31F3N6O3. The van der Waals surface area contributed by atoms with E-state index in [0.29, 0.717) is 16.8 Å². The van der Waals surface area contributed by atoms with Crippen LogP contribution in [0.1, 0.15) is 51.4 Å². The summed E-state index contributed by atoms with van der Waals surface area (Å²) in [4.78, 5) is 14.9. The number of nitrogens with one attached hydrogen (secondary N) is 1. The first kappa shape index (κ1) is 26.6. The number of phenols is 1. The number of halogens is 3. The second-order valence-electron chi connectivity index (χ2n) is 10.2. The molecule has 1 saturated heterocycles. The highest BCUT2D eigenvalue weighted by atomic mass is 19.4. The van der Waals surface area contributed by atoms with E-state index in [9.17, 15) is 23.1 Å². The van der Waals surface area contributed by atoms with Gasteiger partial charge in [-0.05, 0) is 68.7 Å². The van der Waals surface area contributed by atoms with Crippen LogP contribution in [-0.2, 0) is 17.5 Å². The lowest BCUT2D eigenvalue weighted by Crippen LogP contribution is -2.59. The first-order valence-corrected chi connectivity index (χ1v) is 12.2. The number of allylic oxidation sites excluding steroid dienone is 3. The van der Waals surface area contributed by atoms with Crippen molar-refractivity contribution in [2.24, 2.45) is 5.92 Å². The van der Waals surface area contributed by atoms with Gasteiger partial charge in [0.05, 0.1) is 11.7 Å². The van der Waals surface area contributed by atoms with Gasteiger partial charge in [0.2, 0.25) is 0 Å². The summed E-state index contributed by atoms with van der Waals surface area (Å²) in [5.41, 5.74) is -0.182. The van der Waals surface area contributed by atoms with E-state index in [2.05, 4.69) is 33.0 Å². The van der Waals surface area contributed by atoms with Crippen molar-refractivity contribution in [2.45, 2.75) is 70.4 Å². The first-order valence-electron chi connectivity index (χ1n) is 12.2. The molecule has 1 aromatic heterocycles. The van der Waals surface area contributed by atoms with Crippen molar-refractivity contribution in [2.75, 3.05) is 6.54 Å². The molecule has 1 aliphatic heterocycles. The van der Waals surface area contributed by atoms with Crippen molar-refractivity contribution in [3.63, 3.8) is 0 Å². The summed E-state index contributed by atoms with van der Waals surface area (Å²) in [6.07, 6.45) is 5.26. The van der Waals surface area contributed by atoms with Gasteiger partial charge in [-0.25, -0.2) is 4.79 Å². The van der Waals surface area contributed by atoms with Crippen LogP contribution < -0.4 is 5.32 Å². The minimum Gasteiger partial charge on any atom is -0.508 e. The zero-order valence-electron chi connectivity index (χ0n) is 20.9. The lowest BCUT2D eigenvalue weighted by molar-refractivity contribution is -0.146. The van der Waals surface area contributed by atoms with Gasteiger partial charge in [-0.2, -0.15) is 17.9 Å². The maximum atomic E-state index is 13.3. The quantitative estimate of drug-likeness (QED) is 0.603. The van der Waals surface area contributed by atoms with E-state index in [0.717, 1.165) is 19.3 Å². The largest absolute Gasteiger partial charge is 0.508 e. The number of benzene rings is 1. The Kier molecular flexibility index (Phi) is 7.58. The minimum atomic E-state index is -4.73. The van der Waals surface area contributed by atoms with E-state index in [1.807, 2.05) is 32.9 Å². The molecule has 12 heteroatoms. The number of piperidine rings is 1. The van der Waals surface area contributed by atoms with Gasteiger partial charge in [0.1, 0.15) is 11.4 Å². The third-order valence-corrected chi connectivity index (χ3v) is 6.35. The fraction of sp³-hybridized carbons (Fsp3) is 0.520. The number of carbonyl (C=O) groups excluding carboxylic acids is 1. The lowest BCUT2D eigenvalue weighted by atomic mass is 9.82. The van der Waals surface area contributed by atoms with Gasteiger partial charge in [-0.1, -0.05) is 24.3 Å².